The normalized spacial score (nSPS) is 10.1. The van der Waals surface area contributed by atoms with Crippen molar-refractivity contribution in [3.63, 3.8) is 0 Å². The average molecular weight is 280 g/mol. The number of halogens is 1. The Morgan fingerprint density at radius 2 is 2.05 bits per heavy atom. The summed E-state index contributed by atoms with van der Waals surface area (Å²) < 4.78 is 11.0. The Balaban J connectivity index is 2.35. The molecule has 0 saturated heterocycles. The summed E-state index contributed by atoms with van der Waals surface area (Å²) >= 11 is 5.97. The fourth-order valence-corrected chi connectivity index (χ4v) is 1.70. The molecule has 0 bridgehead atoms. The summed E-state index contributed by atoms with van der Waals surface area (Å²) in [6, 6.07) is 5.39. The topological polar surface area (TPSA) is 56.3 Å². The van der Waals surface area contributed by atoms with Gasteiger partial charge < -0.3 is 14.8 Å². The van der Waals surface area contributed by atoms with Crippen molar-refractivity contribution in [1.29, 1.82) is 0 Å². The maximum atomic E-state index is 5.97. The third-order valence-electron chi connectivity index (χ3n) is 2.56. The van der Waals surface area contributed by atoms with Crippen LogP contribution in [0, 0.1) is 6.92 Å². The number of rotatable bonds is 4. The smallest absolute Gasteiger partial charge is 0.268 e. The highest BCUT2D eigenvalue weighted by Crippen LogP contribution is 2.34. The number of anilines is 1. The molecule has 2 rings (SSSR count). The van der Waals surface area contributed by atoms with Crippen molar-refractivity contribution in [2.24, 2.45) is 0 Å². The minimum atomic E-state index is 0.351. The van der Waals surface area contributed by atoms with E-state index in [1.54, 1.807) is 26.3 Å². The number of nitrogens with one attached hydrogen (secondary N) is 1. The van der Waals surface area contributed by atoms with Crippen LogP contribution in [0.2, 0.25) is 5.02 Å². The van der Waals surface area contributed by atoms with E-state index in [1.807, 2.05) is 13.0 Å². The number of methoxy groups -OCH3 is 1. The Kier molecular flexibility index (Phi) is 4.06. The highest BCUT2D eigenvalue weighted by molar-refractivity contribution is 6.31. The van der Waals surface area contributed by atoms with Crippen LogP contribution in [-0.4, -0.2) is 24.1 Å². The molecule has 1 heterocycles. The average Bonchev–Trinajstić information content (AvgIpc) is 2.42. The molecule has 19 heavy (non-hydrogen) atoms. The quantitative estimate of drug-likeness (QED) is 0.931. The molecular weight excluding hydrogens is 266 g/mol. The van der Waals surface area contributed by atoms with Crippen LogP contribution in [0.4, 0.5) is 5.82 Å². The minimum absolute atomic E-state index is 0.351. The molecule has 5 nitrogen and oxygen atoms in total. The third-order valence-corrected chi connectivity index (χ3v) is 2.98. The summed E-state index contributed by atoms with van der Waals surface area (Å²) in [5.74, 6) is 2.01. The lowest BCUT2D eigenvalue weighted by Crippen LogP contribution is -2.00. The molecule has 0 fully saturated rings. The van der Waals surface area contributed by atoms with Crippen LogP contribution in [0.1, 0.15) is 5.56 Å². The van der Waals surface area contributed by atoms with Gasteiger partial charge in [0, 0.05) is 12.1 Å². The van der Waals surface area contributed by atoms with Crippen molar-refractivity contribution in [2.45, 2.75) is 6.92 Å². The van der Waals surface area contributed by atoms with Gasteiger partial charge in [-0.3, -0.25) is 0 Å². The molecule has 0 radical (unpaired) electrons. The van der Waals surface area contributed by atoms with Gasteiger partial charge in [-0.1, -0.05) is 11.6 Å². The molecule has 0 spiro atoms. The fourth-order valence-electron chi connectivity index (χ4n) is 1.58. The SMILES string of the molecule is CNc1ncnc(Oc2ccc(Cl)c(C)c2)c1OC. The maximum absolute atomic E-state index is 5.97. The van der Waals surface area contributed by atoms with E-state index < -0.39 is 0 Å². The predicted octanol–water partition coefficient (Wildman–Crippen LogP) is 3.28. The van der Waals surface area contributed by atoms with Crippen LogP contribution in [0.15, 0.2) is 24.5 Å². The van der Waals surface area contributed by atoms with Gasteiger partial charge in [-0.05, 0) is 30.7 Å². The van der Waals surface area contributed by atoms with Gasteiger partial charge in [-0.25, -0.2) is 4.98 Å². The first-order valence-corrected chi connectivity index (χ1v) is 6.04. The van der Waals surface area contributed by atoms with Crippen molar-refractivity contribution in [3.8, 4) is 17.4 Å². The first-order valence-electron chi connectivity index (χ1n) is 5.66. The van der Waals surface area contributed by atoms with E-state index >= 15 is 0 Å². The van der Waals surface area contributed by atoms with Crippen LogP contribution in [0.25, 0.3) is 0 Å². The first-order chi connectivity index (χ1) is 9.15. The first kappa shape index (κ1) is 13.4. The number of ether oxygens (including phenoxy) is 2. The van der Waals surface area contributed by atoms with Gasteiger partial charge in [-0.15, -0.1) is 0 Å². The molecule has 100 valence electrons. The van der Waals surface area contributed by atoms with Crippen LogP contribution >= 0.6 is 11.6 Å². The van der Waals surface area contributed by atoms with Crippen molar-refractivity contribution in [2.75, 3.05) is 19.5 Å². The summed E-state index contributed by atoms with van der Waals surface area (Å²) in [6.45, 7) is 1.91. The van der Waals surface area contributed by atoms with E-state index in [1.165, 1.54) is 6.33 Å². The Bertz CT molecular complexity index is 590. The van der Waals surface area contributed by atoms with Crippen LogP contribution in [0.3, 0.4) is 0 Å². The number of nitrogens with zero attached hydrogens (tertiary/aromatic N) is 2. The van der Waals surface area contributed by atoms with Gasteiger partial charge in [-0.2, -0.15) is 4.98 Å². The molecule has 0 aliphatic rings. The van der Waals surface area contributed by atoms with E-state index in [2.05, 4.69) is 15.3 Å². The summed E-state index contributed by atoms with van der Waals surface area (Å²) in [7, 11) is 3.29. The lowest BCUT2D eigenvalue weighted by molar-refractivity contribution is 0.369. The minimum Gasteiger partial charge on any atom is -0.489 e. The van der Waals surface area contributed by atoms with E-state index in [0.717, 1.165) is 5.56 Å². The summed E-state index contributed by atoms with van der Waals surface area (Å²) in [6.07, 6.45) is 1.41. The number of aromatic nitrogens is 2. The van der Waals surface area contributed by atoms with E-state index in [0.29, 0.717) is 28.2 Å². The van der Waals surface area contributed by atoms with Gasteiger partial charge in [0.1, 0.15) is 12.1 Å². The van der Waals surface area contributed by atoms with Gasteiger partial charge in [0.2, 0.25) is 5.75 Å². The summed E-state index contributed by atoms with van der Waals surface area (Å²) in [5, 5.41) is 3.61. The molecule has 0 amide bonds. The van der Waals surface area contributed by atoms with E-state index in [9.17, 15) is 0 Å². The Labute approximate surface area is 116 Å². The van der Waals surface area contributed by atoms with Crippen LogP contribution < -0.4 is 14.8 Å². The number of hydrogen-bond acceptors (Lipinski definition) is 5. The van der Waals surface area contributed by atoms with Crippen molar-refractivity contribution < 1.29 is 9.47 Å². The fraction of sp³-hybridized carbons (Fsp3) is 0.231. The number of benzene rings is 1. The van der Waals surface area contributed by atoms with E-state index in [-0.39, 0.29) is 0 Å². The zero-order valence-electron chi connectivity index (χ0n) is 10.9. The van der Waals surface area contributed by atoms with Crippen molar-refractivity contribution >= 4 is 17.4 Å². The monoisotopic (exact) mass is 279 g/mol. The largest absolute Gasteiger partial charge is 0.489 e. The zero-order valence-corrected chi connectivity index (χ0v) is 11.7. The molecule has 0 atom stereocenters. The van der Waals surface area contributed by atoms with E-state index in [4.69, 9.17) is 21.1 Å². The van der Waals surface area contributed by atoms with Gasteiger partial charge in [0.05, 0.1) is 7.11 Å². The lowest BCUT2D eigenvalue weighted by atomic mass is 10.2. The second kappa shape index (κ2) is 5.75. The van der Waals surface area contributed by atoms with Gasteiger partial charge >= 0.3 is 0 Å². The summed E-state index contributed by atoms with van der Waals surface area (Å²) in [5.41, 5.74) is 0.932. The van der Waals surface area contributed by atoms with Crippen molar-refractivity contribution in [1.82, 2.24) is 9.97 Å². The summed E-state index contributed by atoms with van der Waals surface area (Å²) in [4.78, 5) is 8.13. The Morgan fingerprint density at radius 3 is 2.68 bits per heavy atom. The van der Waals surface area contributed by atoms with Crippen LogP contribution in [0.5, 0.6) is 17.4 Å². The zero-order chi connectivity index (χ0) is 13.8. The molecular formula is C13H14ClN3O2. The Hall–Kier alpha value is -2.01. The molecule has 2 aromatic rings. The molecule has 6 heteroatoms. The molecule has 0 aliphatic heterocycles. The number of hydrogen-bond donors (Lipinski definition) is 1. The highest BCUT2D eigenvalue weighted by Gasteiger charge is 2.13. The molecule has 0 aliphatic carbocycles. The molecule has 0 unspecified atom stereocenters. The molecule has 1 aromatic heterocycles. The highest BCUT2D eigenvalue weighted by atomic mass is 35.5. The third kappa shape index (κ3) is 2.88. The second-order valence-corrected chi connectivity index (χ2v) is 4.23. The van der Waals surface area contributed by atoms with Crippen LogP contribution in [-0.2, 0) is 0 Å². The second-order valence-electron chi connectivity index (χ2n) is 3.82. The molecule has 1 N–H and O–H groups in total. The molecule has 1 aromatic carbocycles. The van der Waals surface area contributed by atoms with Crippen molar-refractivity contribution in [3.05, 3.63) is 35.1 Å². The molecule has 0 saturated carbocycles. The Morgan fingerprint density at radius 1 is 1.26 bits per heavy atom. The maximum Gasteiger partial charge on any atom is 0.268 e. The van der Waals surface area contributed by atoms with Gasteiger partial charge in [0.25, 0.3) is 5.88 Å². The standard InChI is InChI=1S/C13H14ClN3O2/c1-8-6-9(4-5-10(8)14)19-13-11(18-3)12(15-2)16-7-17-13/h4-7H,1-3H3,(H,15,16,17). The number of aryl methyl sites for hydroxylation is 1. The predicted molar refractivity (Wildman–Crippen MR) is 74.4 cm³/mol. The van der Waals surface area contributed by atoms with Gasteiger partial charge in [0.15, 0.2) is 5.82 Å². The lowest BCUT2D eigenvalue weighted by Gasteiger charge is -2.12.